The van der Waals surface area contributed by atoms with Crippen molar-refractivity contribution in [3.8, 4) is 0 Å². The largest absolute Gasteiger partial charge is 0.367 e. The van der Waals surface area contributed by atoms with Crippen molar-refractivity contribution in [2.45, 2.75) is 59.1 Å². The van der Waals surface area contributed by atoms with Crippen LogP contribution in [0.5, 0.6) is 0 Å². The van der Waals surface area contributed by atoms with Crippen molar-refractivity contribution < 1.29 is 9.53 Å². The molecule has 1 heterocycles. The monoisotopic (exact) mass is 252 g/mol. The minimum absolute atomic E-state index is 0.00722. The van der Waals surface area contributed by atoms with E-state index in [0.29, 0.717) is 25.3 Å². The van der Waals surface area contributed by atoms with Crippen LogP contribution in [-0.2, 0) is 11.3 Å². The minimum Gasteiger partial charge on any atom is -0.367 e. The Bertz CT molecular complexity index is 381. The van der Waals surface area contributed by atoms with E-state index in [1.54, 1.807) is 6.20 Å². The molecule has 0 aromatic carbocycles. The van der Waals surface area contributed by atoms with Crippen molar-refractivity contribution in [3.05, 3.63) is 18.2 Å². The molecular formula is C14H24N2O2. The highest BCUT2D eigenvalue weighted by molar-refractivity contribution is 5.99. The molecule has 0 saturated carbocycles. The van der Waals surface area contributed by atoms with Crippen molar-refractivity contribution in [2.75, 3.05) is 6.61 Å². The Labute approximate surface area is 109 Å². The number of ketones is 1. The van der Waals surface area contributed by atoms with Crippen molar-refractivity contribution >= 4 is 5.78 Å². The number of rotatable bonds is 8. The van der Waals surface area contributed by atoms with Gasteiger partial charge in [-0.2, -0.15) is 0 Å². The number of imidazole rings is 1. The van der Waals surface area contributed by atoms with E-state index in [-0.39, 0.29) is 5.78 Å². The maximum absolute atomic E-state index is 12.7. The van der Waals surface area contributed by atoms with Crippen LogP contribution in [0.15, 0.2) is 12.4 Å². The number of aromatic nitrogens is 2. The van der Waals surface area contributed by atoms with Gasteiger partial charge in [0.05, 0.1) is 0 Å². The SMILES string of the molecule is CCCn1ccnc1C(=O)C(CC)(CC)OCC. The third-order valence-electron chi connectivity index (χ3n) is 3.36. The zero-order valence-corrected chi connectivity index (χ0v) is 11.9. The molecule has 0 spiro atoms. The maximum atomic E-state index is 12.7. The first-order valence-electron chi connectivity index (χ1n) is 6.85. The molecule has 1 rings (SSSR count). The highest BCUT2D eigenvalue weighted by Gasteiger charge is 2.38. The minimum atomic E-state index is -0.717. The van der Waals surface area contributed by atoms with E-state index in [0.717, 1.165) is 13.0 Å². The lowest BCUT2D eigenvalue weighted by atomic mass is 9.91. The first-order valence-corrected chi connectivity index (χ1v) is 6.85. The fraction of sp³-hybridized carbons (Fsp3) is 0.714. The topological polar surface area (TPSA) is 44.1 Å². The molecule has 0 atom stereocenters. The molecule has 18 heavy (non-hydrogen) atoms. The lowest BCUT2D eigenvalue weighted by molar-refractivity contribution is -0.0260. The molecule has 0 aliphatic heterocycles. The molecule has 0 radical (unpaired) electrons. The summed E-state index contributed by atoms with van der Waals surface area (Å²) in [7, 11) is 0. The summed E-state index contributed by atoms with van der Waals surface area (Å²) in [6.45, 7) is 9.35. The Morgan fingerprint density at radius 3 is 2.50 bits per heavy atom. The van der Waals surface area contributed by atoms with Gasteiger partial charge in [0.15, 0.2) is 5.82 Å². The summed E-state index contributed by atoms with van der Waals surface area (Å²) >= 11 is 0. The van der Waals surface area contributed by atoms with Gasteiger partial charge in [-0.3, -0.25) is 4.79 Å². The number of Topliss-reactive ketones (excluding diaryl/α,β-unsaturated/α-hetero) is 1. The van der Waals surface area contributed by atoms with Crippen molar-refractivity contribution in [2.24, 2.45) is 0 Å². The molecule has 4 heteroatoms. The average molecular weight is 252 g/mol. The molecule has 0 unspecified atom stereocenters. The predicted molar refractivity (Wildman–Crippen MR) is 71.8 cm³/mol. The third-order valence-corrected chi connectivity index (χ3v) is 3.36. The van der Waals surface area contributed by atoms with Crippen LogP contribution < -0.4 is 0 Å². The smallest absolute Gasteiger partial charge is 0.229 e. The number of hydrogen-bond acceptors (Lipinski definition) is 3. The van der Waals surface area contributed by atoms with Gasteiger partial charge >= 0.3 is 0 Å². The molecule has 0 N–H and O–H groups in total. The van der Waals surface area contributed by atoms with Crippen LogP contribution in [-0.4, -0.2) is 27.5 Å². The number of hydrogen-bond donors (Lipinski definition) is 0. The Morgan fingerprint density at radius 1 is 1.33 bits per heavy atom. The van der Waals surface area contributed by atoms with Gasteiger partial charge in [0.1, 0.15) is 5.60 Å². The summed E-state index contributed by atoms with van der Waals surface area (Å²) in [5, 5.41) is 0. The van der Waals surface area contributed by atoms with E-state index in [9.17, 15) is 4.79 Å². The molecule has 0 bridgehead atoms. The summed E-state index contributed by atoms with van der Waals surface area (Å²) in [4.78, 5) is 16.9. The van der Waals surface area contributed by atoms with Crippen LogP contribution in [0.2, 0.25) is 0 Å². The number of ether oxygens (including phenoxy) is 1. The molecule has 4 nitrogen and oxygen atoms in total. The summed E-state index contributed by atoms with van der Waals surface area (Å²) in [6, 6.07) is 0. The maximum Gasteiger partial charge on any atom is 0.229 e. The highest BCUT2D eigenvalue weighted by atomic mass is 16.5. The Kier molecular flexibility index (Phi) is 5.54. The van der Waals surface area contributed by atoms with Crippen LogP contribution >= 0.6 is 0 Å². The van der Waals surface area contributed by atoms with Gasteiger partial charge in [-0.1, -0.05) is 20.8 Å². The molecule has 0 amide bonds. The van der Waals surface area contributed by atoms with Gasteiger partial charge < -0.3 is 9.30 Å². The van der Waals surface area contributed by atoms with E-state index in [1.165, 1.54) is 0 Å². The fourth-order valence-electron chi connectivity index (χ4n) is 2.26. The quantitative estimate of drug-likeness (QED) is 0.668. The standard InChI is InChI=1S/C14H24N2O2/c1-5-10-16-11-9-15-13(16)12(17)14(6-2,7-3)18-8-4/h9,11H,5-8,10H2,1-4H3. The molecule has 0 fully saturated rings. The molecule has 102 valence electrons. The van der Waals surface area contributed by atoms with E-state index < -0.39 is 5.60 Å². The van der Waals surface area contributed by atoms with Gasteiger partial charge in [-0.25, -0.2) is 4.98 Å². The fourth-order valence-corrected chi connectivity index (χ4v) is 2.26. The van der Waals surface area contributed by atoms with Crippen molar-refractivity contribution in [1.82, 2.24) is 9.55 Å². The highest BCUT2D eigenvalue weighted by Crippen LogP contribution is 2.25. The zero-order chi connectivity index (χ0) is 13.6. The van der Waals surface area contributed by atoms with Crippen LogP contribution in [0.3, 0.4) is 0 Å². The second-order valence-electron chi connectivity index (χ2n) is 4.41. The molecule has 0 aliphatic carbocycles. The molecule has 1 aromatic rings. The zero-order valence-electron chi connectivity index (χ0n) is 11.9. The molecule has 0 aliphatic rings. The summed E-state index contributed by atoms with van der Waals surface area (Å²) in [6.07, 6.45) is 5.88. The predicted octanol–water partition coefficient (Wildman–Crippen LogP) is 3.07. The van der Waals surface area contributed by atoms with Gasteiger partial charge in [-0.15, -0.1) is 0 Å². The van der Waals surface area contributed by atoms with Crippen LogP contribution in [0.25, 0.3) is 0 Å². The first-order chi connectivity index (χ1) is 8.65. The molecule has 0 saturated heterocycles. The van der Waals surface area contributed by atoms with Gasteiger partial charge in [0, 0.05) is 25.5 Å². The Balaban J connectivity index is 3.05. The Morgan fingerprint density at radius 2 is 2.00 bits per heavy atom. The van der Waals surface area contributed by atoms with E-state index in [1.807, 2.05) is 31.5 Å². The second-order valence-corrected chi connectivity index (χ2v) is 4.41. The average Bonchev–Trinajstić information content (AvgIpc) is 2.84. The molecular weight excluding hydrogens is 228 g/mol. The lowest BCUT2D eigenvalue weighted by Gasteiger charge is -2.29. The summed E-state index contributed by atoms with van der Waals surface area (Å²) in [5.74, 6) is 0.529. The van der Waals surface area contributed by atoms with Crippen molar-refractivity contribution in [3.63, 3.8) is 0 Å². The number of nitrogens with zero attached hydrogens (tertiary/aromatic N) is 2. The third kappa shape index (κ3) is 2.80. The van der Waals surface area contributed by atoms with Gasteiger partial charge in [0.2, 0.25) is 5.78 Å². The summed E-state index contributed by atoms with van der Waals surface area (Å²) in [5.41, 5.74) is -0.717. The van der Waals surface area contributed by atoms with Crippen molar-refractivity contribution in [1.29, 1.82) is 0 Å². The number of carbonyl (C=O) groups excluding carboxylic acids is 1. The number of aryl methyl sites for hydroxylation is 1. The first kappa shape index (κ1) is 14.9. The van der Waals surface area contributed by atoms with Crippen LogP contribution in [0.4, 0.5) is 0 Å². The summed E-state index contributed by atoms with van der Waals surface area (Å²) < 4.78 is 7.66. The second kappa shape index (κ2) is 6.69. The Hall–Kier alpha value is -1.16. The van der Waals surface area contributed by atoms with Crippen LogP contribution in [0.1, 0.15) is 57.6 Å². The normalized spacial score (nSPS) is 11.8. The van der Waals surface area contributed by atoms with Crippen LogP contribution in [0, 0.1) is 0 Å². The van der Waals surface area contributed by atoms with E-state index in [4.69, 9.17) is 4.74 Å². The lowest BCUT2D eigenvalue weighted by Crippen LogP contribution is -2.42. The molecule has 1 aromatic heterocycles. The van der Waals surface area contributed by atoms with E-state index >= 15 is 0 Å². The van der Waals surface area contributed by atoms with E-state index in [2.05, 4.69) is 11.9 Å². The number of carbonyl (C=O) groups is 1. The van der Waals surface area contributed by atoms with Gasteiger partial charge in [0.25, 0.3) is 0 Å². The van der Waals surface area contributed by atoms with Gasteiger partial charge in [-0.05, 0) is 26.2 Å².